The fourth-order valence-corrected chi connectivity index (χ4v) is 2.72. The molecule has 0 aliphatic carbocycles. The second-order valence-corrected chi connectivity index (χ2v) is 6.73. The van der Waals surface area contributed by atoms with Crippen LogP contribution < -0.4 is 27.4 Å². The molecule has 1 fully saturated rings. The Morgan fingerprint density at radius 2 is 1.96 bits per heavy atom. The number of nitrogens with zero attached hydrogens (tertiary/aromatic N) is 1. The molecule has 8 N–H and O–H groups in total. The minimum atomic E-state index is -1.14. The second-order valence-electron chi connectivity index (χ2n) is 6.73. The lowest BCUT2D eigenvalue weighted by atomic mass is 10.0. The molecule has 26 heavy (non-hydrogen) atoms. The van der Waals surface area contributed by atoms with Gasteiger partial charge in [0, 0.05) is 6.54 Å². The number of amides is 2. The Morgan fingerprint density at radius 1 is 1.27 bits per heavy atom. The van der Waals surface area contributed by atoms with E-state index in [4.69, 9.17) is 11.5 Å². The first-order chi connectivity index (χ1) is 12.2. The van der Waals surface area contributed by atoms with Crippen LogP contribution in [0.4, 0.5) is 0 Å². The Bertz CT molecular complexity index is 527. The Labute approximate surface area is 153 Å². The highest BCUT2D eigenvalue weighted by atomic mass is 16.4. The number of aliphatic carboxylic acids is 1. The highest BCUT2D eigenvalue weighted by Gasteiger charge is 2.31. The summed E-state index contributed by atoms with van der Waals surface area (Å²) in [5.74, 6) is -2.15. The van der Waals surface area contributed by atoms with Gasteiger partial charge in [-0.2, -0.15) is 0 Å². The van der Waals surface area contributed by atoms with Crippen LogP contribution in [0, 0.1) is 5.92 Å². The van der Waals surface area contributed by atoms with Crippen molar-refractivity contribution in [1.82, 2.24) is 16.0 Å². The van der Waals surface area contributed by atoms with Gasteiger partial charge in [0.2, 0.25) is 11.8 Å². The lowest BCUT2D eigenvalue weighted by molar-refractivity contribution is -0.142. The molecule has 0 bridgehead atoms. The largest absolute Gasteiger partial charge is 0.480 e. The minimum Gasteiger partial charge on any atom is -0.480 e. The third-order valence-electron chi connectivity index (χ3n) is 4.18. The number of nitrogens with one attached hydrogen (secondary N) is 3. The molecule has 10 heteroatoms. The quantitative estimate of drug-likeness (QED) is 0.154. The zero-order chi connectivity index (χ0) is 19.7. The number of carbonyl (C=O) groups excluding carboxylic acids is 2. The van der Waals surface area contributed by atoms with Crippen LogP contribution in [0.1, 0.15) is 39.5 Å². The van der Waals surface area contributed by atoms with E-state index in [1.54, 1.807) is 13.8 Å². The molecule has 1 heterocycles. The van der Waals surface area contributed by atoms with E-state index in [2.05, 4.69) is 20.9 Å². The Morgan fingerprint density at radius 3 is 2.46 bits per heavy atom. The SMILES string of the molecule is CC(C)[C@H](NC(=O)[C@@H]1CCCN1)C(=O)N[C@@H](CCCN=C(N)N)C(=O)O. The van der Waals surface area contributed by atoms with E-state index in [0.29, 0.717) is 6.42 Å². The number of nitrogens with two attached hydrogens (primary N) is 2. The van der Waals surface area contributed by atoms with E-state index < -0.39 is 24.0 Å². The first-order valence-corrected chi connectivity index (χ1v) is 8.84. The van der Waals surface area contributed by atoms with Crippen LogP contribution in [0.5, 0.6) is 0 Å². The summed E-state index contributed by atoms with van der Waals surface area (Å²) in [4.78, 5) is 39.9. The number of guanidine groups is 1. The van der Waals surface area contributed by atoms with E-state index in [9.17, 15) is 19.5 Å². The van der Waals surface area contributed by atoms with Crippen molar-refractivity contribution in [3.05, 3.63) is 0 Å². The van der Waals surface area contributed by atoms with E-state index in [0.717, 1.165) is 19.4 Å². The Kier molecular flexibility index (Phi) is 8.83. The van der Waals surface area contributed by atoms with Gasteiger partial charge in [-0.25, -0.2) is 4.79 Å². The van der Waals surface area contributed by atoms with Gasteiger partial charge in [0.15, 0.2) is 5.96 Å². The predicted molar refractivity (Wildman–Crippen MR) is 97.3 cm³/mol. The smallest absolute Gasteiger partial charge is 0.326 e. The van der Waals surface area contributed by atoms with Crippen molar-refractivity contribution in [3.8, 4) is 0 Å². The van der Waals surface area contributed by atoms with Gasteiger partial charge >= 0.3 is 5.97 Å². The number of carboxylic acids is 1. The van der Waals surface area contributed by atoms with Gasteiger partial charge in [0.25, 0.3) is 0 Å². The highest BCUT2D eigenvalue weighted by molar-refractivity contribution is 5.92. The number of rotatable bonds is 10. The van der Waals surface area contributed by atoms with Crippen molar-refractivity contribution in [2.45, 2.75) is 57.7 Å². The molecular formula is C16H30N6O4. The maximum Gasteiger partial charge on any atom is 0.326 e. The van der Waals surface area contributed by atoms with Crippen molar-refractivity contribution in [3.63, 3.8) is 0 Å². The average Bonchev–Trinajstić information content (AvgIpc) is 3.08. The first kappa shape index (κ1) is 21.7. The van der Waals surface area contributed by atoms with Gasteiger partial charge in [-0.3, -0.25) is 14.6 Å². The summed E-state index contributed by atoms with van der Waals surface area (Å²) in [5.41, 5.74) is 10.4. The fraction of sp³-hybridized carbons (Fsp3) is 0.750. The van der Waals surface area contributed by atoms with Crippen LogP contribution >= 0.6 is 0 Å². The van der Waals surface area contributed by atoms with Gasteiger partial charge in [0.05, 0.1) is 6.04 Å². The molecule has 2 amide bonds. The molecule has 3 atom stereocenters. The molecule has 1 aliphatic rings. The molecule has 0 aromatic rings. The molecule has 0 spiro atoms. The fourth-order valence-electron chi connectivity index (χ4n) is 2.72. The van der Waals surface area contributed by atoms with Crippen molar-refractivity contribution in [2.24, 2.45) is 22.4 Å². The molecule has 0 aromatic heterocycles. The monoisotopic (exact) mass is 370 g/mol. The van der Waals surface area contributed by atoms with Crippen LogP contribution in [0.2, 0.25) is 0 Å². The van der Waals surface area contributed by atoms with Crippen molar-refractivity contribution >= 4 is 23.7 Å². The number of hydrogen-bond acceptors (Lipinski definition) is 5. The summed E-state index contributed by atoms with van der Waals surface area (Å²) < 4.78 is 0. The first-order valence-electron chi connectivity index (χ1n) is 8.84. The predicted octanol–water partition coefficient (Wildman–Crippen LogP) is -1.50. The second kappa shape index (κ2) is 10.6. The van der Waals surface area contributed by atoms with Crippen molar-refractivity contribution in [2.75, 3.05) is 13.1 Å². The normalized spacial score (nSPS) is 18.8. The summed E-state index contributed by atoms with van der Waals surface area (Å²) in [7, 11) is 0. The lowest BCUT2D eigenvalue weighted by Crippen LogP contribution is -2.56. The third-order valence-corrected chi connectivity index (χ3v) is 4.18. The van der Waals surface area contributed by atoms with Gasteiger partial charge < -0.3 is 32.5 Å². The number of hydrogen-bond donors (Lipinski definition) is 6. The van der Waals surface area contributed by atoms with E-state index in [-0.39, 0.29) is 36.8 Å². The van der Waals surface area contributed by atoms with E-state index >= 15 is 0 Å². The molecular weight excluding hydrogens is 340 g/mol. The van der Waals surface area contributed by atoms with Gasteiger partial charge in [-0.15, -0.1) is 0 Å². The molecule has 10 nitrogen and oxygen atoms in total. The lowest BCUT2D eigenvalue weighted by Gasteiger charge is -2.25. The zero-order valence-corrected chi connectivity index (χ0v) is 15.3. The van der Waals surface area contributed by atoms with Crippen molar-refractivity contribution in [1.29, 1.82) is 0 Å². The summed E-state index contributed by atoms with van der Waals surface area (Å²) >= 11 is 0. The van der Waals surface area contributed by atoms with Crippen LogP contribution in [0.3, 0.4) is 0 Å². The molecule has 148 valence electrons. The average molecular weight is 370 g/mol. The molecule has 1 aliphatic heterocycles. The Balaban J connectivity index is 2.62. The molecule has 0 unspecified atom stereocenters. The molecule has 0 radical (unpaired) electrons. The van der Waals surface area contributed by atoms with Crippen LogP contribution in [-0.4, -0.2) is 60.1 Å². The highest BCUT2D eigenvalue weighted by Crippen LogP contribution is 2.09. The maximum atomic E-state index is 12.5. The van der Waals surface area contributed by atoms with Gasteiger partial charge in [0.1, 0.15) is 12.1 Å². The number of carbonyl (C=O) groups is 3. The van der Waals surface area contributed by atoms with Crippen LogP contribution in [-0.2, 0) is 14.4 Å². The maximum absolute atomic E-state index is 12.5. The molecule has 1 saturated heterocycles. The van der Waals surface area contributed by atoms with Gasteiger partial charge in [-0.1, -0.05) is 13.8 Å². The van der Waals surface area contributed by atoms with E-state index in [1.165, 1.54) is 0 Å². The van der Waals surface area contributed by atoms with Crippen molar-refractivity contribution < 1.29 is 19.5 Å². The summed E-state index contributed by atoms with van der Waals surface area (Å²) in [6.07, 6.45) is 2.22. The minimum absolute atomic E-state index is 0.0657. The molecule has 1 rings (SSSR count). The number of carboxylic acid groups (broad SMARTS) is 1. The standard InChI is InChI=1S/C16H30N6O4/c1-9(2)12(22-13(23)10-5-3-7-19-10)14(24)21-11(15(25)26)6-4-8-20-16(17)18/h9-12,19H,3-8H2,1-2H3,(H,21,24)(H,22,23)(H,25,26)(H4,17,18,20)/t10-,11-,12-/m0/s1. The van der Waals surface area contributed by atoms with Gasteiger partial charge in [-0.05, 0) is 38.1 Å². The summed E-state index contributed by atoms with van der Waals surface area (Å²) in [6.45, 7) is 4.63. The Hall–Kier alpha value is -2.36. The topological polar surface area (TPSA) is 172 Å². The molecule has 0 aromatic carbocycles. The number of aliphatic imine (C=N–C) groups is 1. The molecule has 0 saturated carbocycles. The van der Waals surface area contributed by atoms with Crippen LogP contribution in [0.15, 0.2) is 4.99 Å². The van der Waals surface area contributed by atoms with Crippen LogP contribution in [0.25, 0.3) is 0 Å². The summed E-state index contributed by atoms with van der Waals surface area (Å²) in [6, 6.07) is -2.18. The van der Waals surface area contributed by atoms with E-state index in [1.807, 2.05) is 0 Å². The summed E-state index contributed by atoms with van der Waals surface area (Å²) in [5, 5.41) is 17.6. The third kappa shape index (κ3) is 7.26. The zero-order valence-electron chi connectivity index (χ0n) is 15.3.